The lowest BCUT2D eigenvalue weighted by Gasteiger charge is -2.29. The van der Waals surface area contributed by atoms with Crippen molar-refractivity contribution in [2.45, 2.75) is 57.4 Å². The van der Waals surface area contributed by atoms with Crippen LogP contribution in [0, 0.1) is 5.92 Å². The van der Waals surface area contributed by atoms with Gasteiger partial charge in [-0.2, -0.15) is 0 Å². The molecule has 2 N–H and O–H groups in total. The van der Waals surface area contributed by atoms with E-state index in [0.29, 0.717) is 17.1 Å². The first-order chi connectivity index (χ1) is 13.7. The highest BCUT2D eigenvalue weighted by atomic mass is 35.5. The summed E-state index contributed by atoms with van der Waals surface area (Å²) in [6, 6.07) is 5.24. The molecule has 1 heterocycles. The first-order valence-corrected chi connectivity index (χ1v) is 12.5. The van der Waals surface area contributed by atoms with Gasteiger partial charge in [0.15, 0.2) is 0 Å². The van der Waals surface area contributed by atoms with E-state index >= 15 is 0 Å². The van der Waals surface area contributed by atoms with Gasteiger partial charge in [-0.1, -0.05) is 22.9 Å². The van der Waals surface area contributed by atoms with Gasteiger partial charge < -0.3 is 5.32 Å². The number of benzene rings is 1. The fraction of sp³-hybridized carbons (Fsp3) is 0.579. The van der Waals surface area contributed by atoms with Gasteiger partial charge in [0.05, 0.1) is 15.5 Å². The molecule has 7 nitrogen and oxygen atoms in total. The van der Waals surface area contributed by atoms with Crippen LogP contribution in [0.5, 0.6) is 0 Å². The Kier molecular flexibility index (Phi) is 7.03. The summed E-state index contributed by atoms with van der Waals surface area (Å²) in [6.07, 6.45) is 3.31. The molecule has 3 rings (SSSR count). The monoisotopic (exact) mass is 459 g/mol. The highest BCUT2D eigenvalue weighted by molar-refractivity contribution is 7.90. The fourth-order valence-corrected chi connectivity index (χ4v) is 5.49. The van der Waals surface area contributed by atoms with Crippen LogP contribution in [0.15, 0.2) is 23.0 Å². The SMILES string of the molecule is CC(C)S(=O)(=O)NCC1CCC(NC(=O)Cn2c(=O)sc3cc(Cl)ccc32)CC1. The molecule has 160 valence electrons. The number of nitrogens with zero attached hydrogens (tertiary/aromatic N) is 1. The lowest BCUT2D eigenvalue weighted by atomic mass is 9.86. The average Bonchev–Trinajstić information content (AvgIpc) is 2.95. The zero-order valence-corrected chi connectivity index (χ0v) is 18.9. The van der Waals surface area contributed by atoms with E-state index in [4.69, 9.17) is 11.6 Å². The Bertz CT molecular complexity index is 1040. The third-order valence-corrected chi connectivity index (χ3v) is 8.32. The molecule has 0 bridgehead atoms. The number of carbonyl (C=O) groups is 1. The summed E-state index contributed by atoms with van der Waals surface area (Å²) in [6.45, 7) is 3.74. The Hall–Kier alpha value is -1.42. The normalized spacial score (nSPS) is 20.3. The van der Waals surface area contributed by atoms with Crippen molar-refractivity contribution < 1.29 is 13.2 Å². The molecule has 0 aliphatic heterocycles. The van der Waals surface area contributed by atoms with Gasteiger partial charge in [-0.05, 0) is 63.6 Å². The maximum absolute atomic E-state index is 12.5. The van der Waals surface area contributed by atoms with Gasteiger partial charge in [0.2, 0.25) is 15.9 Å². The second-order valence-electron chi connectivity index (χ2n) is 7.79. The maximum atomic E-state index is 12.5. The third kappa shape index (κ3) is 5.59. The van der Waals surface area contributed by atoms with Crippen molar-refractivity contribution in [2.24, 2.45) is 5.92 Å². The van der Waals surface area contributed by atoms with Crippen molar-refractivity contribution in [3.8, 4) is 0 Å². The molecule has 1 aliphatic rings. The minimum Gasteiger partial charge on any atom is -0.352 e. The van der Waals surface area contributed by atoms with Crippen LogP contribution in [0.4, 0.5) is 0 Å². The molecule has 0 saturated heterocycles. The van der Waals surface area contributed by atoms with Gasteiger partial charge in [-0.15, -0.1) is 0 Å². The summed E-state index contributed by atoms with van der Waals surface area (Å²) in [5.41, 5.74) is 0.709. The largest absolute Gasteiger partial charge is 0.352 e. The molecule has 0 radical (unpaired) electrons. The molecule has 1 saturated carbocycles. The Morgan fingerprint density at radius 2 is 1.97 bits per heavy atom. The second kappa shape index (κ2) is 9.16. The van der Waals surface area contributed by atoms with E-state index in [1.54, 1.807) is 32.0 Å². The number of hydrogen-bond acceptors (Lipinski definition) is 5. The number of nitrogens with one attached hydrogen (secondary N) is 2. The Balaban J connectivity index is 1.51. The van der Waals surface area contributed by atoms with E-state index in [2.05, 4.69) is 10.0 Å². The van der Waals surface area contributed by atoms with Crippen LogP contribution >= 0.6 is 22.9 Å². The number of thiazole rings is 1. The number of fused-ring (bicyclic) bond motifs is 1. The smallest absolute Gasteiger partial charge is 0.308 e. The fourth-order valence-electron chi connectivity index (χ4n) is 3.52. The Morgan fingerprint density at radius 1 is 1.28 bits per heavy atom. The highest BCUT2D eigenvalue weighted by Crippen LogP contribution is 2.25. The van der Waals surface area contributed by atoms with Crippen LogP contribution in [-0.2, 0) is 21.4 Å². The molecule has 10 heteroatoms. The summed E-state index contributed by atoms with van der Waals surface area (Å²) < 4.78 is 28.7. The quantitative estimate of drug-likeness (QED) is 0.665. The van der Waals surface area contributed by atoms with Gasteiger partial charge >= 0.3 is 4.87 Å². The Morgan fingerprint density at radius 3 is 2.62 bits per heavy atom. The first kappa shape index (κ1) is 22.3. The van der Waals surface area contributed by atoms with Crippen LogP contribution in [0.2, 0.25) is 5.02 Å². The number of rotatable bonds is 7. The standard InChI is InChI=1S/C19H26ClN3O4S2/c1-12(2)29(26,27)21-10-13-3-6-15(7-4-13)22-18(24)11-23-16-8-5-14(20)9-17(16)28-19(23)25/h5,8-9,12-13,15,21H,3-4,6-7,10-11H2,1-2H3,(H,22,24). The zero-order valence-electron chi connectivity index (χ0n) is 16.5. The van der Waals surface area contributed by atoms with Gasteiger partial charge in [0.1, 0.15) is 6.54 Å². The van der Waals surface area contributed by atoms with Gasteiger partial charge in [-0.25, -0.2) is 13.1 Å². The van der Waals surface area contributed by atoms with Crippen molar-refractivity contribution >= 4 is 49.1 Å². The van der Waals surface area contributed by atoms with Crippen LogP contribution in [0.3, 0.4) is 0 Å². The minimum atomic E-state index is -3.24. The van der Waals surface area contributed by atoms with E-state index in [1.165, 1.54) is 4.57 Å². The predicted molar refractivity (Wildman–Crippen MR) is 117 cm³/mol. The first-order valence-electron chi connectivity index (χ1n) is 9.72. The van der Waals surface area contributed by atoms with E-state index < -0.39 is 15.3 Å². The molecule has 1 amide bonds. The number of hydrogen-bond donors (Lipinski definition) is 2. The van der Waals surface area contributed by atoms with Crippen molar-refractivity contribution in [1.82, 2.24) is 14.6 Å². The lowest BCUT2D eigenvalue weighted by molar-refractivity contribution is -0.122. The predicted octanol–water partition coefficient (Wildman–Crippen LogP) is 2.72. The minimum absolute atomic E-state index is 0.0193. The molecule has 1 aromatic heterocycles. The molecule has 0 atom stereocenters. The average molecular weight is 460 g/mol. The molecule has 1 fully saturated rings. The van der Waals surface area contributed by atoms with Gasteiger partial charge in [0.25, 0.3) is 0 Å². The number of aromatic nitrogens is 1. The zero-order chi connectivity index (χ0) is 21.2. The molecule has 1 aromatic carbocycles. The van der Waals surface area contributed by atoms with E-state index in [9.17, 15) is 18.0 Å². The summed E-state index contributed by atoms with van der Waals surface area (Å²) >= 11 is 7.05. The lowest BCUT2D eigenvalue weighted by Crippen LogP contribution is -2.42. The van der Waals surface area contributed by atoms with Crippen molar-refractivity contribution in [3.63, 3.8) is 0 Å². The number of carbonyl (C=O) groups excluding carboxylic acids is 1. The topological polar surface area (TPSA) is 97.3 Å². The van der Waals surface area contributed by atoms with Crippen LogP contribution in [0.1, 0.15) is 39.5 Å². The summed E-state index contributed by atoms with van der Waals surface area (Å²) in [7, 11) is -3.24. The second-order valence-corrected chi connectivity index (χ2v) is 11.5. The van der Waals surface area contributed by atoms with Crippen molar-refractivity contribution in [1.29, 1.82) is 0 Å². The van der Waals surface area contributed by atoms with Crippen LogP contribution in [0.25, 0.3) is 10.2 Å². The third-order valence-electron chi connectivity index (χ3n) is 5.34. The molecule has 2 aromatic rings. The van der Waals surface area contributed by atoms with Crippen molar-refractivity contribution in [2.75, 3.05) is 6.54 Å². The number of sulfonamides is 1. The van der Waals surface area contributed by atoms with E-state index in [0.717, 1.165) is 41.7 Å². The number of amides is 1. The molecule has 0 unspecified atom stereocenters. The summed E-state index contributed by atoms with van der Waals surface area (Å²) in [5, 5.41) is 3.13. The summed E-state index contributed by atoms with van der Waals surface area (Å²) in [4.78, 5) is 24.5. The molecule has 1 aliphatic carbocycles. The molecule has 29 heavy (non-hydrogen) atoms. The van der Waals surface area contributed by atoms with E-state index in [-0.39, 0.29) is 29.3 Å². The van der Waals surface area contributed by atoms with Crippen LogP contribution in [-0.4, -0.2) is 36.7 Å². The van der Waals surface area contributed by atoms with Gasteiger partial charge in [0, 0.05) is 17.6 Å². The van der Waals surface area contributed by atoms with Gasteiger partial charge in [-0.3, -0.25) is 14.2 Å². The molecule has 0 spiro atoms. The molecular formula is C19H26ClN3O4S2. The number of halogens is 1. The van der Waals surface area contributed by atoms with E-state index in [1.807, 2.05) is 0 Å². The summed E-state index contributed by atoms with van der Waals surface area (Å²) in [5.74, 6) is 0.0931. The van der Waals surface area contributed by atoms with Crippen LogP contribution < -0.4 is 14.9 Å². The highest BCUT2D eigenvalue weighted by Gasteiger charge is 2.25. The Labute approximate surface area is 179 Å². The maximum Gasteiger partial charge on any atom is 0.308 e. The van der Waals surface area contributed by atoms with Crippen molar-refractivity contribution in [3.05, 3.63) is 32.9 Å². The molecular weight excluding hydrogens is 434 g/mol.